The smallest absolute Gasteiger partial charge is 0.318 e. The molecule has 0 atom stereocenters. The van der Waals surface area contributed by atoms with Crippen molar-refractivity contribution < 1.29 is 13.5 Å². The van der Waals surface area contributed by atoms with Crippen molar-refractivity contribution in [1.82, 2.24) is 15.0 Å². The molecule has 1 saturated carbocycles. The predicted molar refractivity (Wildman–Crippen MR) is 151 cm³/mol. The first-order chi connectivity index (χ1) is 18.7. The molecule has 0 amide bonds. The van der Waals surface area contributed by atoms with Crippen LogP contribution in [0, 0.1) is 27.9 Å². The second-order valence-corrected chi connectivity index (χ2v) is 11.0. The molecule has 0 saturated heterocycles. The van der Waals surface area contributed by atoms with E-state index in [1.165, 1.54) is 19.2 Å². The Hall–Kier alpha value is -3.75. The Morgan fingerprint density at radius 1 is 1.18 bits per heavy atom. The number of benzene rings is 2. The number of hydrogen-bond donors (Lipinski definition) is 0. The van der Waals surface area contributed by atoms with Gasteiger partial charge in [-0.25, -0.2) is 8.78 Å². The molecule has 2 aromatic heterocycles. The van der Waals surface area contributed by atoms with Gasteiger partial charge in [-0.05, 0) is 76.7 Å². The number of halogens is 2. The topological polar surface area (TPSA) is 80.6 Å². The molecule has 2 heterocycles. The van der Waals surface area contributed by atoms with Gasteiger partial charge in [-0.3, -0.25) is 4.98 Å². The minimum atomic E-state index is -0.690. The van der Waals surface area contributed by atoms with E-state index in [0.717, 1.165) is 32.4 Å². The molecular formula is C30H33F2N5O2. The SMILES string of the molecule is CCCN(CC1(C)CC(C)C1)c1nc(OC)nc2c(F)c(-c3cc(N=O)cc4ccc(F)c(CC)c34)ncc12. The van der Waals surface area contributed by atoms with E-state index in [0.29, 0.717) is 45.4 Å². The summed E-state index contributed by atoms with van der Waals surface area (Å²) in [5.74, 6) is 0.164. The van der Waals surface area contributed by atoms with Gasteiger partial charge in [0.15, 0.2) is 5.82 Å². The van der Waals surface area contributed by atoms with Crippen LogP contribution < -0.4 is 9.64 Å². The molecule has 7 nitrogen and oxygen atoms in total. The van der Waals surface area contributed by atoms with Crippen molar-refractivity contribution in [2.75, 3.05) is 25.1 Å². The lowest BCUT2D eigenvalue weighted by Gasteiger charge is -2.47. The molecule has 1 aliphatic rings. The molecular weight excluding hydrogens is 500 g/mol. The van der Waals surface area contributed by atoms with E-state index >= 15 is 4.39 Å². The van der Waals surface area contributed by atoms with Gasteiger partial charge in [0.1, 0.15) is 28.5 Å². The number of aryl methyl sites for hydroxylation is 1. The number of methoxy groups -OCH3 is 1. The molecule has 4 aromatic rings. The van der Waals surface area contributed by atoms with Crippen LogP contribution in [0.15, 0.2) is 35.6 Å². The largest absolute Gasteiger partial charge is 0.467 e. The van der Waals surface area contributed by atoms with Crippen LogP contribution in [0.2, 0.25) is 0 Å². The number of hydrogen-bond acceptors (Lipinski definition) is 7. The molecule has 0 bridgehead atoms. The first kappa shape index (κ1) is 26.8. The molecule has 0 aliphatic heterocycles. The molecule has 0 spiro atoms. The summed E-state index contributed by atoms with van der Waals surface area (Å²) < 4.78 is 36.6. The molecule has 0 radical (unpaired) electrons. The third-order valence-corrected chi connectivity index (χ3v) is 7.74. The van der Waals surface area contributed by atoms with Gasteiger partial charge < -0.3 is 9.64 Å². The Labute approximate surface area is 226 Å². The second kappa shape index (κ2) is 10.4. The zero-order valence-electron chi connectivity index (χ0n) is 23.0. The van der Waals surface area contributed by atoms with Crippen LogP contribution in [0.3, 0.4) is 0 Å². The van der Waals surface area contributed by atoms with Crippen molar-refractivity contribution in [3.8, 4) is 17.3 Å². The average Bonchev–Trinajstić information content (AvgIpc) is 2.91. The van der Waals surface area contributed by atoms with Gasteiger partial charge in [0.25, 0.3) is 0 Å². The van der Waals surface area contributed by atoms with Crippen LogP contribution >= 0.6 is 0 Å². The van der Waals surface area contributed by atoms with Gasteiger partial charge in [-0.1, -0.05) is 33.8 Å². The summed E-state index contributed by atoms with van der Waals surface area (Å²) in [5.41, 5.74) is 0.976. The van der Waals surface area contributed by atoms with Crippen LogP contribution in [0.5, 0.6) is 6.01 Å². The van der Waals surface area contributed by atoms with Crippen LogP contribution in [-0.4, -0.2) is 35.2 Å². The Kier molecular flexibility index (Phi) is 7.18. The average molecular weight is 534 g/mol. The van der Waals surface area contributed by atoms with E-state index in [1.807, 2.05) is 6.92 Å². The zero-order chi connectivity index (χ0) is 27.9. The quantitative estimate of drug-likeness (QED) is 0.205. The summed E-state index contributed by atoms with van der Waals surface area (Å²) in [6.45, 7) is 9.97. The van der Waals surface area contributed by atoms with Crippen LogP contribution in [0.4, 0.5) is 20.3 Å². The number of rotatable bonds is 9. The van der Waals surface area contributed by atoms with E-state index < -0.39 is 11.6 Å². The molecule has 5 rings (SSSR count). The van der Waals surface area contributed by atoms with Crippen LogP contribution in [0.1, 0.15) is 52.5 Å². The Morgan fingerprint density at radius 3 is 2.59 bits per heavy atom. The molecule has 0 unspecified atom stereocenters. The van der Waals surface area contributed by atoms with Crippen molar-refractivity contribution in [1.29, 1.82) is 0 Å². The molecule has 9 heteroatoms. The highest BCUT2D eigenvalue weighted by Crippen LogP contribution is 2.46. The van der Waals surface area contributed by atoms with Crippen molar-refractivity contribution in [2.24, 2.45) is 16.5 Å². The molecule has 204 valence electrons. The standard InChI is InChI=1S/C30H33F2N5O2/c1-6-10-37(16-30(4)13-17(3)14-30)28-22-15-33-26(25(32)27(22)34-29(35-28)39-5)21-12-19(36-38)11-18-8-9-23(31)20(7-2)24(18)21/h8-9,11-12,15,17H,6-7,10,13-14,16H2,1-5H3. The highest BCUT2D eigenvalue weighted by molar-refractivity contribution is 6.02. The third-order valence-electron chi connectivity index (χ3n) is 7.74. The molecule has 39 heavy (non-hydrogen) atoms. The minimum absolute atomic E-state index is 0.0353. The number of pyridine rings is 1. The summed E-state index contributed by atoms with van der Waals surface area (Å²) >= 11 is 0. The van der Waals surface area contributed by atoms with E-state index in [4.69, 9.17) is 4.74 Å². The first-order valence-electron chi connectivity index (χ1n) is 13.5. The molecule has 0 N–H and O–H groups in total. The lowest BCUT2D eigenvalue weighted by atomic mass is 9.63. The minimum Gasteiger partial charge on any atom is -0.467 e. The van der Waals surface area contributed by atoms with E-state index in [1.54, 1.807) is 18.3 Å². The fraction of sp³-hybridized carbons (Fsp3) is 0.433. The van der Waals surface area contributed by atoms with E-state index in [-0.39, 0.29) is 28.3 Å². The van der Waals surface area contributed by atoms with Gasteiger partial charge in [-0.2, -0.15) is 9.97 Å². The van der Waals surface area contributed by atoms with E-state index in [2.05, 4.69) is 45.8 Å². The maximum absolute atomic E-state index is 16.4. The Balaban J connectivity index is 1.74. The predicted octanol–water partition coefficient (Wildman–Crippen LogP) is 7.74. The zero-order valence-corrected chi connectivity index (χ0v) is 23.0. The van der Waals surface area contributed by atoms with Crippen LogP contribution in [-0.2, 0) is 6.42 Å². The maximum atomic E-state index is 16.4. The normalized spacial score (nSPS) is 18.8. The summed E-state index contributed by atoms with van der Waals surface area (Å²) in [6, 6.07) is 5.98. The van der Waals surface area contributed by atoms with Gasteiger partial charge in [-0.15, -0.1) is 4.91 Å². The molecule has 2 aromatic carbocycles. The molecule has 1 fully saturated rings. The highest BCUT2D eigenvalue weighted by atomic mass is 19.1. The van der Waals surface area contributed by atoms with Gasteiger partial charge in [0, 0.05) is 24.8 Å². The first-order valence-corrected chi connectivity index (χ1v) is 13.5. The number of aromatic nitrogens is 3. The van der Waals surface area contributed by atoms with Crippen LogP contribution in [0.25, 0.3) is 32.9 Å². The summed E-state index contributed by atoms with van der Waals surface area (Å²) in [6.07, 6.45) is 5.07. The summed E-state index contributed by atoms with van der Waals surface area (Å²) in [4.78, 5) is 27.2. The Bertz CT molecular complexity index is 1570. The van der Waals surface area contributed by atoms with E-state index in [9.17, 15) is 9.30 Å². The fourth-order valence-corrected chi connectivity index (χ4v) is 6.37. The lowest BCUT2D eigenvalue weighted by molar-refractivity contribution is 0.0951. The van der Waals surface area contributed by atoms with Gasteiger partial charge in [0.2, 0.25) is 0 Å². The highest BCUT2D eigenvalue weighted by Gasteiger charge is 2.39. The monoisotopic (exact) mass is 533 g/mol. The fourth-order valence-electron chi connectivity index (χ4n) is 6.37. The third kappa shape index (κ3) is 4.79. The Morgan fingerprint density at radius 2 is 1.95 bits per heavy atom. The van der Waals surface area contributed by atoms with Gasteiger partial charge in [0.05, 0.1) is 12.5 Å². The number of nitroso groups, excluding NO2 is 1. The molecule has 1 aliphatic carbocycles. The van der Waals surface area contributed by atoms with Crippen molar-refractivity contribution in [2.45, 2.75) is 53.4 Å². The number of fused-ring (bicyclic) bond motifs is 2. The number of nitrogens with zero attached hydrogens (tertiary/aromatic N) is 5. The summed E-state index contributed by atoms with van der Waals surface area (Å²) in [7, 11) is 1.45. The summed E-state index contributed by atoms with van der Waals surface area (Å²) in [5, 5.41) is 4.62. The lowest BCUT2D eigenvalue weighted by Crippen LogP contribution is -2.44. The van der Waals surface area contributed by atoms with Crippen molar-refractivity contribution >= 4 is 33.2 Å². The van der Waals surface area contributed by atoms with Crippen molar-refractivity contribution in [3.05, 3.63) is 52.6 Å². The van der Waals surface area contributed by atoms with Gasteiger partial charge >= 0.3 is 6.01 Å². The van der Waals surface area contributed by atoms with Crippen molar-refractivity contribution in [3.63, 3.8) is 0 Å². The maximum Gasteiger partial charge on any atom is 0.318 e. The number of ether oxygens (including phenoxy) is 1. The number of anilines is 1. The second-order valence-electron chi connectivity index (χ2n) is 11.0.